The number of amides is 3. The van der Waals surface area contributed by atoms with E-state index in [1.165, 1.54) is 11.8 Å². The van der Waals surface area contributed by atoms with E-state index < -0.39 is 11.3 Å². The van der Waals surface area contributed by atoms with Gasteiger partial charge >= 0.3 is 6.03 Å². The van der Waals surface area contributed by atoms with Gasteiger partial charge in [-0.05, 0) is 50.6 Å². The molecule has 2 aromatic rings. The molecule has 1 unspecified atom stereocenters. The molecule has 0 aliphatic carbocycles. The van der Waals surface area contributed by atoms with Crippen LogP contribution in [-0.2, 0) is 4.79 Å². The number of hydrogen-bond acceptors (Lipinski definition) is 5. The average Bonchev–Trinajstić information content (AvgIpc) is 2.64. The fraction of sp³-hybridized carbons (Fsp3) is 0.300. The second-order valence-corrected chi connectivity index (χ2v) is 7.74. The van der Waals surface area contributed by atoms with E-state index in [1.807, 2.05) is 50.2 Å². The number of carbonyl (C=O) groups is 2. The number of ether oxygens (including phenoxy) is 2. The third kappa shape index (κ3) is 4.95. The third-order valence-electron chi connectivity index (χ3n) is 4.06. The molecule has 2 N–H and O–H groups in total. The summed E-state index contributed by atoms with van der Waals surface area (Å²) in [6.07, 6.45) is 0. The molecule has 0 bridgehead atoms. The second-order valence-electron chi connectivity index (χ2n) is 6.33. The van der Waals surface area contributed by atoms with Crippen LogP contribution in [0.1, 0.15) is 18.1 Å². The summed E-state index contributed by atoms with van der Waals surface area (Å²) in [5.41, 5.74) is 2.73. The predicted octanol–water partition coefficient (Wildman–Crippen LogP) is 3.90. The van der Waals surface area contributed by atoms with Crippen molar-refractivity contribution in [3.05, 3.63) is 47.5 Å². The van der Waals surface area contributed by atoms with Gasteiger partial charge in [0, 0.05) is 10.6 Å². The summed E-state index contributed by atoms with van der Waals surface area (Å²) in [5, 5.41) is 4.65. The third-order valence-corrected chi connectivity index (χ3v) is 5.16. The number of urea groups is 1. The molecule has 3 amide bonds. The molecule has 0 spiro atoms. The Kier molecular flexibility index (Phi) is 5.91. The van der Waals surface area contributed by atoms with Gasteiger partial charge in [-0.2, -0.15) is 0 Å². The largest absolute Gasteiger partial charge is 0.486 e. The van der Waals surface area contributed by atoms with Crippen LogP contribution in [0, 0.1) is 13.8 Å². The smallest absolute Gasteiger partial charge is 0.325 e. The van der Waals surface area contributed by atoms with E-state index in [4.69, 9.17) is 9.47 Å². The van der Waals surface area contributed by atoms with Gasteiger partial charge in [0.05, 0.1) is 5.25 Å². The van der Waals surface area contributed by atoms with E-state index in [-0.39, 0.29) is 5.91 Å². The first-order valence-corrected chi connectivity index (χ1v) is 9.56. The standard InChI is InChI=1S/C20H22N2O4S/c1-12-4-6-16(13(2)10-12)21-20(24)22-19(23)14(3)27-15-5-7-17-18(11-15)26-9-8-25-17/h4-7,10-11,14H,8-9H2,1-3H3,(H2,21,22,23,24). The number of aryl methyl sites for hydroxylation is 2. The van der Waals surface area contributed by atoms with Gasteiger partial charge in [-0.15, -0.1) is 11.8 Å². The van der Waals surface area contributed by atoms with Crippen molar-refractivity contribution in [1.29, 1.82) is 0 Å². The van der Waals surface area contributed by atoms with Gasteiger partial charge in [0.2, 0.25) is 5.91 Å². The lowest BCUT2D eigenvalue weighted by Crippen LogP contribution is -2.39. The van der Waals surface area contributed by atoms with Gasteiger partial charge in [0.25, 0.3) is 0 Å². The molecule has 2 aromatic carbocycles. The Bertz CT molecular complexity index is 869. The highest BCUT2D eigenvalue weighted by atomic mass is 32.2. The number of thioether (sulfide) groups is 1. The van der Waals surface area contributed by atoms with Gasteiger partial charge in [-0.25, -0.2) is 4.79 Å². The molecule has 7 heteroatoms. The molecular weight excluding hydrogens is 364 g/mol. The van der Waals surface area contributed by atoms with Crippen LogP contribution >= 0.6 is 11.8 Å². The summed E-state index contributed by atoms with van der Waals surface area (Å²) >= 11 is 1.35. The zero-order chi connectivity index (χ0) is 19.4. The molecule has 27 heavy (non-hydrogen) atoms. The normalized spacial score (nSPS) is 13.6. The lowest BCUT2D eigenvalue weighted by atomic mass is 10.1. The van der Waals surface area contributed by atoms with Crippen molar-refractivity contribution >= 4 is 29.4 Å². The summed E-state index contributed by atoms with van der Waals surface area (Å²) in [6.45, 7) is 6.69. The first-order chi connectivity index (χ1) is 12.9. The maximum atomic E-state index is 12.3. The number of anilines is 1. The van der Waals surface area contributed by atoms with Crippen LogP contribution in [0.5, 0.6) is 11.5 Å². The molecule has 0 saturated heterocycles. The number of rotatable bonds is 4. The minimum atomic E-state index is -0.540. The number of hydrogen-bond donors (Lipinski definition) is 2. The summed E-state index contributed by atoms with van der Waals surface area (Å²) in [6, 6.07) is 10.7. The Morgan fingerprint density at radius 1 is 1.04 bits per heavy atom. The van der Waals surface area contributed by atoms with Crippen LogP contribution in [0.3, 0.4) is 0 Å². The number of nitrogens with one attached hydrogen (secondary N) is 2. The van der Waals surface area contributed by atoms with Crippen molar-refractivity contribution in [2.45, 2.75) is 30.9 Å². The van der Waals surface area contributed by atoms with Crippen LogP contribution in [0.2, 0.25) is 0 Å². The van der Waals surface area contributed by atoms with Crippen LogP contribution < -0.4 is 20.1 Å². The highest BCUT2D eigenvalue weighted by Gasteiger charge is 2.19. The van der Waals surface area contributed by atoms with Gasteiger partial charge < -0.3 is 14.8 Å². The highest BCUT2D eigenvalue weighted by Crippen LogP contribution is 2.35. The van der Waals surface area contributed by atoms with Crippen molar-refractivity contribution in [1.82, 2.24) is 5.32 Å². The minimum absolute atomic E-state index is 0.364. The molecule has 1 heterocycles. The summed E-state index contributed by atoms with van der Waals surface area (Å²) < 4.78 is 11.0. The number of carbonyl (C=O) groups excluding carboxylic acids is 2. The van der Waals surface area contributed by atoms with E-state index in [0.717, 1.165) is 16.0 Å². The van der Waals surface area contributed by atoms with Crippen LogP contribution in [0.15, 0.2) is 41.3 Å². The molecule has 1 atom stereocenters. The lowest BCUT2D eigenvalue weighted by molar-refractivity contribution is -0.119. The molecule has 0 aromatic heterocycles. The summed E-state index contributed by atoms with van der Waals surface area (Å²) in [4.78, 5) is 25.3. The van der Waals surface area contributed by atoms with Crippen molar-refractivity contribution in [3.63, 3.8) is 0 Å². The second kappa shape index (κ2) is 8.35. The van der Waals surface area contributed by atoms with Crippen molar-refractivity contribution in [3.8, 4) is 11.5 Å². The molecule has 1 aliphatic rings. The van der Waals surface area contributed by atoms with Crippen LogP contribution in [-0.4, -0.2) is 30.4 Å². The van der Waals surface area contributed by atoms with Crippen molar-refractivity contribution < 1.29 is 19.1 Å². The Labute approximate surface area is 162 Å². The van der Waals surface area contributed by atoms with Gasteiger partial charge in [-0.3, -0.25) is 10.1 Å². The fourth-order valence-electron chi connectivity index (χ4n) is 2.68. The molecule has 6 nitrogen and oxygen atoms in total. The maximum absolute atomic E-state index is 12.3. The van der Waals surface area contributed by atoms with Gasteiger partial charge in [0.15, 0.2) is 11.5 Å². The maximum Gasteiger partial charge on any atom is 0.325 e. The molecule has 142 valence electrons. The topological polar surface area (TPSA) is 76.7 Å². The highest BCUT2D eigenvalue weighted by molar-refractivity contribution is 8.00. The summed E-state index contributed by atoms with van der Waals surface area (Å²) in [5.74, 6) is 1.01. The number of fused-ring (bicyclic) bond motifs is 1. The van der Waals surface area contributed by atoms with Crippen LogP contribution in [0.4, 0.5) is 10.5 Å². The van der Waals surface area contributed by atoms with Gasteiger partial charge in [-0.1, -0.05) is 17.7 Å². The number of imide groups is 1. The summed E-state index contributed by atoms with van der Waals surface area (Å²) in [7, 11) is 0. The predicted molar refractivity (Wildman–Crippen MR) is 106 cm³/mol. The van der Waals surface area contributed by atoms with E-state index in [0.29, 0.717) is 30.4 Å². The first-order valence-electron chi connectivity index (χ1n) is 8.68. The van der Waals surface area contributed by atoms with Crippen LogP contribution in [0.25, 0.3) is 0 Å². The monoisotopic (exact) mass is 386 g/mol. The molecule has 3 rings (SSSR count). The van der Waals surface area contributed by atoms with Crippen molar-refractivity contribution in [2.75, 3.05) is 18.5 Å². The SMILES string of the molecule is Cc1ccc(NC(=O)NC(=O)C(C)Sc2ccc3c(c2)OCCO3)c(C)c1. The Morgan fingerprint density at radius 3 is 2.52 bits per heavy atom. The van der Waals surface area contributed by atoms with E-state index in [1.54, 1.807) is 6.92 Å². The first kappa shape index (κ1) is 19.1. The molecule has 0 fully saturated rings. The zero-order valence-corrected chi connectivity index (χ0v) is 16.3. The van der Waals surface area contributed by atoms with E-state index in [2.05, 4.69) is 10.6 Å². The Hall–Kier alpha value is -2.67. The Balaban J connectivity index is 1.56. The average molecular weight is 386 g/mol. The van der Waals surface area contributed by atoms with E-state index >= 15 is 0 Å². The lowest BCUT2D eigenvalue weighted by Gasteiger charge is -2.19. The number of benzene rings is 2. The molecule has 0 saturated carbocycles. The molecule has 1 aliphatic heterocycles. The van der Waals surface area contributed by atoms with E-state index in [9.17, 15) is 9.59 Å². The fourth-order valence-corrected chi connectivity index (χ4v) is 3.57. The van der Waals surface area contributed by atoms with Gasteiger partial charge in [0.1, 0.15) is 13.2 Å². The Morgan fingerprint density at radius 2 is 1.78 bits per heavy atom. The minimum Gasteiger partial charge on any atom is -0.486 e. The van der Waals surface area contributed by atoms with Crippen molar-refractivity contribution in [2.24, 2.45) is 0 Å². The quantitative estimate of drug-likeness (QED) is 0.780. The molecular formula is C20H22N2O4S. The zero-order valence-electron chi connectivity index (χ0n) is 15.5. The molecule has 0 radical (unpaired) electrons.